The fraction of sp³-hybridized carbons (Fsp3) is 0.400. The van der Waals surface area contributed by atoms with Crippen molar-refractivity contribution in [3.63, 3.8) is 0 Å². The van der Waals surface area contributed by atoms with E-state index in [1.807, 2.05) is 0 Å². The predicted molar refractivity (Wildman–Crippen MR) is 81.2 cm³/mol. The molecule has 0 aromatic heterocycles. The molecule has 131 valence electrons. The number of hydrogen-bond donors (Lipinski definition) is 3. The third kappa shape index (κ3) is 51.0. The number of carbonyl (C=O) groups excluding carboxylic acids is 3. The van der Waals surface area contributed by atoms with Gasteiger partial charge in [-0.25, -0.2) is 0 Å². The molecule has 0 aromatic rings. The van der Waals surface area contributed by atoms with E-state index in [2.05, 4.69) is 0 Å². The summed E-state index contributed by atoms with van der Waals surface area (Å²) in [6.07, 6.45) is 3.50. The maximum absolute atomic E-state index is 10.0. The van der Waals surface area contributed by atoms with Gasteiger partial charge in [-0.3, -0.25) is 14.4 Å². The molecule has 0 aliphatic heterocycles. The third-order valence-electron chi connectivity index (χ3n) is 1.24. The summed E-state index contributed by atoms with van der Waals surface area (Å²) in [6.45, 7) is 8.54. The first-order valence-electron chi connectivity index (χ1n) is 6.02. The summed E-state index contributed by atoms with van der Waals surface area (Å²) >= 11 is 0. The molecule has 0 amide bonds. The minimum absolute atomic E-state index is 0. The molecule has 0 unspecified atom stereocenters. The smallest absolute Gasteiger partial charge is 0.155 e. The molecule has 0 rings (SSSR count). The Morgan fingerprint density at radius 2 is 0.682 bits per heavy atom. The average molecular weight is 465 g/mol. The van der Waals surface area contributed by atoms with Crippen molar-refractivity contribution in [1.29, 1.82) is 0 Å². The molecule has 1 radical (unpaired) electrons. The Morgan fingerprint density at radius 3 is 0.682 bits per heavy atom. The van der Waals surface area contributed by atoms with Crippen LogP contribution in [-0.4, -0.2) is 32.7 Å². The first-order chi connectivity index (χ1) is 9.38. The molecule has 0 spiro atoms. The first-order valence-corrected chi connectivity index (χ1v) is 6.02. The Morgan fingerprint density at radius 1 is 0.545 bits per heavy atom. The van der Waals surface area contributed by atoms with Crippen LogP contribution in [-0.2, 0) is 14.4 Å². The average Bonchev–Trinajstić information content (AvgIpc) is 2.10. The van der Waals surface area contributed by atoms with Crippen LogP contribution in [0.25, 0.3) is 0 Å². The quantitative estimate of drug-likeness (QED) is 0.336. The zero-order valence-electron chi connectivity index (χ0n) is 13.6. The molecule has 7 heteroatoms. The van der Waals surface area contributed by atoms with Gasteiger partial charge >= 0.3 is 0 Å². The van der Waals surface area contributed by atoms with E-state index in [1.165, 1.54) is 59.8 Å². The Bertz CT molecular complexity index is 368. The van der Waals surface area contributed by atoms with Crippen LogP contribution in [0.5, 0.6) is 0 Å². The van der Waals surface area contributed by atoms with Crippen molar-refractivity contribution in [1.82, 2.24) is 0 Å². The van der Waals surface area contributed by atoms with Gasteiger partial charge in [0.05, 0.1) is 17.3 Å². The molecule has 0 bridgehead atoms. The Labute approximate surface area is 161 Å². The second kappa shape index (κ2) is 17.9. The molecule has 0 heterocycles. The van der Waals surface area contributed by atoms with Crippen LogP contribution >= 0.6 is 0 Å². The zero-order chi connectivity index (χ0) is 17.6. The van der Waals surface area contributed by atoms with E-state index in [9.17, 15) is 14.4 Å². The fourth-order valence-electron chi connectivity index (χ4n) is 0.882. The SMILES string of the molecule is CC(=O)/C=C(/C)O.CC(=O)/C=C(/C)O.CC(=O)/C=C(/C)O.[Ho]. The number of rotatable bonds is 3. The van der Waals surface area contributed by atoms with Crippen LogP contribution in [0, 0.1) is 37.7 Å². The van der Waals surface area contributed by atoms with Crippen molar-refractivity contribution in [3.8, 4) is 0 Å². The zero-order valence-corrected chi connectivity index (χ0v) is 15.5. The monoisotopic (exact) mass is 465 g/mol. The molecule has 0 saturated carbocycles. The largest absolute Gasteiger partial charge is 0.512 e. The summed E-state index contributed by atoms with van der Waals surface area (Å²) in [6, 6.07) is 0. The van der Waals surface area contributed by atoms with Crippen LogP contribution in [0.2, 0.25) is 0 Å². The van der Waals surface area contributed by atoms with Crippen molar-refractivity contribution in [3.05, 3.63) is 35.5 Å². The van der Waals surface area contributed by atoms with E-state index in [1.54, 1.807) is 0 Å². The normalized spacial score (nSPS) is 10.9. The van der Waals surface area contributed by atoms with Gasteiger partial charge in [0.25, 0.3) is 0 Å². The van der Waals surface area contributed by atoms with E-state index < -0.39 is 0 Å². The van der Waals surface area contributed by atoms with Gasteiger partial charge in [-0.15, -0.1) is 0 Å². The molecule has 0 atom stereocenters. The van der Waals surface area contributed by atoms with Crippen molar-refractivity contribution < 1.29 is 67.4 Å². The maximum Gasteiger partial charge on any atom is 0.155 e. The minimum atomic E-state index is -0.125. The van der Waals surface area contributed by atoms with E-state index in [4.69, 9.17) is 15.3 Å². The summed E-state index contributed by atoms with van der Waals surface area (Å²) < 4.78 is 0. The molecule has 6 nitrogen and oxygen atoms in total. The van der Waals surface area contributed by atoms with Gasteiger partial charge in [-0.2, -0.15) is 0 Å². The van der Waals surface area contributed by atoms with Crippen molar-refractivity contribution in [2.75, 3.05) is 0 Å². The Hall–Kier alpha value is -1.11. The van der Waals surface area contributed by atoms with Gasteiger partial charge in [0.15, 0.2) is 17.3 Å². The Kier molecular flexibility index (Phi) is 23.6. The minimum Gasteiger partial charge on any atom is -0.512 e. The summed E-state index contributed by atoms with van der Waals surface area (Å²) in [4.78, 5) is 30.1. The topological polar surface area (TPSA) is 112 Å². The van der Waals surface area contributed by atoms with E-state index in [0.717, 1.165) is 0 Å². The van der Waals surface area contributed by atoms with Crippen LogP contribution in [0.15, 0.2) is 35.5 Å². The molecule has 0 saturated heterocycles. The molecular weight excluding hydrogens is 441 g/mol. The summed E-state index contributed by atoms with van der Waals surface area (Å²) in [5.41, 5.74) is 0. The second-order valence-electron chi connectivity index (χ2n) is 4.19. The summed E-state index contributed by atoms with van der Waals surface area (Å²) in [5.74, 6) is -0.187. The van der Waals surface area contributed by atoms with Crippen molar-refractivity contribution in [2.24, 2.45) is 0 Å². The number of hydrogen-bond acceptors (Lipinski definition) is 6. The van der Waals surface area contributed by atoms with E-state index in [0.29, 0.717) is 0 Å². The van der Waals surface area contributed by atoms with Crippen molar-refractivity contribution >= 4 is 17.3 Å². The molecule has 0 fully saturated rings. The maximum atomic E-state index is 10.0. The van der Waals surface area contributed by atoms with Crippen LogP contribution < -0.4 is 0 Å². The van der Waals surface area contributed by atoms with Crippen LogP contribution in [0.1, 0.15) is 41.5 Å². The molecule has 0 aromatic carbocycles. The molecule has 22 heavy (non-hydrogen) atoms. The third-order valence-corrected chi connectivity index (χ3v) is 1.24. The number of carbonyl (C=O) groups is 3. The summed E-state index contributed by atoms with van der Waals surface area (Å²) in [7, 11) is 0. The summed E-state index contributed by atoms with van der Waals surface area (Å²) in [5, 5.41) is 25.1. The molecular formula is C15H24HoO6. The van der Waals surface area contributed by atoms with Gasteiger partial charge < -0.3 is 15.3 Å². The molecule has 0 aliphatic rings. The van der Waals surface area contributed by atoms with Gasteiger partial charge in [-0.1, -0.05) is 0 Å². The van der Waals surface area contributed by atoms with Crippen molar-refractivity contribution in [2.45, 2.75) is 41.5 Å². The first kappa shape index (κ1) is 29.0. The molecule has 3 N–H and O–H groups in total. The number of aliphatic hydroxyl groups is 3. The Balaban J connectivity index is -0.000000108. The van der Waals surface area contributed by atoms with Gasteiger partial charge in [0.2, 0.25) is 0 Å². The molecule has 0 aliphatic carbocycles. The van der Waals surface area contributed by atoms with Crippen LogP contribution in [0.4, 0.5) is 0 Å². The number of aliphatic hydroxyl groups excluding tert-OH is 3. The number of allylic oxidation sites excluding steroid dienone is 6. The second-order valence-corrected chi connectivity index (χ2v) is 4.19. The van der Waals surface area contributed by atoms with Crippen LogP contribution in [0.3, 0.4) is 0 Å². The standard InChI is InChI=1S/3C5H8O2.Ho/c3*1-4(6)3-5(2)7;/h3*3,6H,1-2H3;/b3*4-3-;. The van der Waals surface area contributed by atoms with E-state index >= 15 is 0 Å². The number of ketones is 3. The van der Waals surface area contributed by atoms with E-state index in [-0.39, 0.29) is 72.4 Å². The van der Waals surface area contributed by atoms with Gasteiger partial charge in [0, 0.05) is 56.0 Å². The fourth-order valence-corrected chi connectivity index (χ4v) is 0.882. The predicted octanol–water partition coefficient (Wildman–Crippen LogP) is 3.11. The van der Waals surface area contributed by atoms with Gasteiger partial charge in [0.1, 0.15) is 0 Å². The van der Waals surface area contributed by atoms with Gasteiger partial charge in [-0.05, 0) is 41.5 Å².